The quantitative estimate of drug-likeness (QED) is 0.337. The van der Waals surface area contributed by atoms with Crippen molar-refractivity contribution in [1.82, 2.24) is 0 Å². The SMILES string of the molecule is CCCCCCCCCOC(=O)C[n+]1csc(CC[O-])c1C. The Morgan fingerprint density at radius 1 is 1.23 bits per heavy atom. The second kappa shape index (κ2) is 11.6. The fourth-order valence-corrected chi connectivity index (χ4v) is 3.35. The molecule has 126 valence electrons. The summed E-state index contributed by atoms with van der Waals surface area (Å²) in [6.45, 7) is 4.83. The van der Waals surface area contributed by atoms with Crippen LogP contribution in [0.1, 0.15) is 62.4 Å². The van der Waals surface area contributed by atoms with Gasteiger partial charge in [0.15, 0.2) is 5.69 Å². The molecule has 0 N–H and O–H groups in total. The van der Waals surface area contributed by atoms with E-state index in [1.54, 1.807) is 0 Å². The molecule has 0 aliphatic heterocycles. The van der Waals surface area contributed by atoms with Crippen LogP contribution < -0.4 is 9.67 Å². The Labute approximate surface area is 138 Å². The average molecular weight is 327 g/mol. The Morgan fingerprint density at radius 3 is 2.59 bits per heavy atom. The number of nitrogens with zero attached hydrogens (tertiary/aromatic N) is 1. The molecule has 0 fully saturated rings. The van der Waals surface area contributed by atoms with Crippen molar-refractivity contribution in [3.05, 3.63) is 16.1 Å². The number of esters is 1. The van der Waals surface area contributed by atoms with Gasteiger partial charge in [0, 0.05) is 6.92 Å². The molecule has 0 aliphatic carbocycles. The summed E-state index contributed by atoms with van der Waals surface area (Å²) in [6.07, 6.45) is 9.05. The van der Waals surface area contributed by atoms with Crippen LogP contribution in [-0.2, 0) is 22.5 Å². The highest BCUT2D eigenvalue weighted by Crippen LogP contribution is 2.11. The number of thiazole rings is 1. The van der Waals surface area contributed by atoms with Gasteiger partial charge in [0.2, 0.25) is 12.1 Å². The molecule has 1 heterocycles. The van der Waals surface area contributed by atoms with E-state index in [0.717, 1.165) is 23.4 Å². The highest BCUT2D eigenvalue weighted by molar-refractivity contribution is 7.09. The van der Waals surface area contributed by atoms with Crippen LogP contribution in [0.5, 0.6) is 0 Å². The maximum absolute atomic E-state index is 11.8. The van der Waals surface area contributed by atoms with Gasteiger partial charge in [-0.1, -0.05) is 56.8 Å². The van der Waals surface area contributed by atoms with Crippen LogP contribution in [0.15, 0.2) is 5.51 Å². The summed E-state index contributed by atoms with van der Waals surface area (Å²) >= 11 is 1.54. The molecule has 0 aliphatic rings. The predicted molar refractivity (Wildman–Crippen MR) is 86.8 cm³/mol. The van der Waals surface area contributed by atoms with E-state index in [2.05, 4.69) is 6.92 Å². The average Bonchev–Trinajstić information content (AvgIpc) is 2.83. The molecule has 0 saturated heterocycles. The standard InChI is InChI=1S/C17H29NO3S/c1-3-4-5-6-7-8-9-12-21-17(20)13-18-14-22-16(10-11-19)15(18)2/h14H,3-13H2,1-2H3. The summed E-state index contributed by atoms with van der Waals surface area (Å²) in [5.74, 6) is -0.189. The van der Waals surface area contributed by atoms with E-state index in [9.17, 15) is 9.90 Å². The van der Waals surface area contributed by atoms with Gasteiger partial charge < -0.3 is 9.84 Å². The zero-order valence-corrected chi connectivity index (χ0v) is 14.8. The molecule has 0 spiro atoms. The summed E-state index contributed by atoms with van der Waals surface area (Å²) in [7, 11) is 0. The van der Waals surface area contributed by atoms with Crippen molar-refractivity contribution >= 4 is 17.3 Å². The number of rotatable bonds is 12. The second-order valence-electron chi connectivity index (χ2n) is 5.66. The van der Waals surface area contributed by atoms with Gasteiger partial charge in [-0.25, -0.2) is 4.79 Å². The Bertz CT molecular complexity index is 432. The maximum atomic E-state index is 11.8. The van der Waals surface area contributed by atoms with Crippen LogP contribution in [0, 0.1) is 6.92 Å². The third-order valence-corrected chi connectivity index (χ3v) is 4.94. The zero-order valence-electron chi connectivity index (χ0n) is 13.9. The molecule has 1 aromatic heterocycles. The van der Waals surface area contributed by atoms with Gasteiger partial charge in [0.05, 0.1) is 11.5 Å². The lowest BCUT2D eigenvalue weighted by molar-refractivity contribution is -0.687. The molecule has 0 saturated carbocycles. The van der Waals surface area contributed by atoms with E-state index in [-0.39, 0.29) is 19.1 Å². The van der Waals surface area contributed by atoms with Crippen LogP contribution in [0.25, 0.3) is 0 Å². The molecule has 0 unspecified atom stereocenters. The summed E-state index contributed by atoms with van der Waals surface area (Å²) in [6, 6.07) is 0. The van der Waals surface area contributed by atoms with Gasteiger partial charge in [-0.05, 0) is 12.8 Å². The number of carbonyl (C=O) groups is 1. The van der Waals surface area contributed by atoms with Crippen molar-refractivity contribution in [1.29, 1.82) is 0 Å². The van der Waals surface area contributed by atoms with Crippen LogP contribution in [0.2, 0.25) is 0 Å². The number of aromatic nitrogens is 1. The van der Waals surface area contributed by atoms with E-state index in [1.165, 1.54) is 43.4 Å². The van der Waals surface area contributed by atoms with Crippen molar-refractivity contribution in [3.63, 3.8) is 0 Å². The predicted octanol–water partition coefficient (Wildman–Crippen LogP) is 2.54. The Morgan fingerprint density at radius 2 is 1.91 bits per heavy atom. The molecular formula is C17H29NO3S. The smallest absolute Gasteiger partial charge is 0.372 e. The van der Waals surface area contributed by atoms with Gasteiger partial charge in [-0.15, -0.1) is 6.61 Å². The molecule has 0 radical (unpaired) electrons. The summed E-state index contributed by atoms with van der Waals surface area (Å²) in [4.78, 5) is 12.9. The minimum Gasteiger partial charge on any atom is -0.854 e. The maximum Gasteiger partial charge on any atom is 0.372 e. The molecule has 22 heavy (non-hydrogen) atoms. The molecule has 0 bridgehead atoms. The van der Waals surface area contributed by atoms with Crippen molar-refractivity contribution in [3.8, 4) is 0 Å². The monoisotopic (exact) mass is 327 g/mol. The minimum atomic E-state index is -0.189. The van der Waals surface area contributed by atoms with Crippen LogP contribution in [0.3, 0.4) is 0 Å². The first-order chi connectivity index (χ1) is 10.7. The molecule has 0 amide bonds. The molecular weight excluding hydrogens is 298 g/mol. The van der Waals surface area contributed by atoms with E-state index in [1.807, 2.05) is 17.0 Å². The lowest BCUT2D eigenvalue weighted by Crippen LogP contribution is -2.39. The fourth-order valence-electron chi connectivity index (χ4n) is 2.37. The Hall–Kier alpha value is -0.940. The van der Waals surface area contributed by atoms with E-state index in [4.69, 9.17) is 4.74 Å². The molecule has 1 aromatic rings. The Kier molecular flexibility index (Phi) is 10.1. The number of ether oxygens (including phenoxy) is 1. The van der Waals surface area contributed by atoms with Gasteiger partial charge >= 0.3 is 5.97 Å². The number of unbranched alkanes of at least 4 members (excludes halogenated alkanes) is 6. The van der Waals surface area contributed by atoms with E-state index in [0.29, 0.717) is 13.0 Å². The first kappa shape index (κ1) is 19.1. The molecule has 5 heteroatoms. The topological polar surface area (TPSA) is 53.2 Å². The van der Waals surface area contributed by atoms with Crippen molar-refractivity contribution in [2.45, 2.75) is 71.8 Å². The fraction of sp³-hybridized carbons (Fsp3) is 0.765. The summed E-state index contributed by atoms with van der Waals surface area (Å²) in [5.41, 5.74) is 2.91. The Balaban J connectivity index is 2.13. The third-order valence-electron chi connectivity index (χ3n) is 3.80. The normalized spacial score (nSPS) is 10.9. The van der Waals surface area contributed by atoms with E-state index >= 15 is 0 Å². The lowest BCUT2D eigenvalue weighted by atomic mass is 10.1. The van der Waals surface area contributed by atoms with Gasteiger partial charge in [0.25, 0.3) is 0 Å². The highest BCUT2D eigenvalue weighted by atomic mass is 32.1. The molecule has 1 rings (SSSR count). The number of hydrogen-bond donors (Lipinski definition) is 0. The van der Waals surface area contributed by atoms with Gasteiger partial charge in [-0.3, -0.25) is 0 Å². The third kappa shape index (κ3) is 7.36. The van der Waals surface area contributed by atoms with Gasteiger partial charge in [0.1, 0.15) is 0 Å². The number of carbonyl (C=O) groups excluding carboxylic acids is 1. The van der Waals surface area contributed by atoms with Crippen LogP contribution >= 0.6 is 11.3 Å². The zero-order chi connectivity index (χ0) is 16.2. The molecule has 4 nitrogen and oxygen atoms in total. The minimum absolute atomic E-state index is 0.107. The molecule has 0 atom stereocenters. The van der Waals surface area contributed by atoms with Crippen LogP contribution in [-0.4, -0.2) is 19.2 Å². The van der Waals surface area contributed by atoms with E-state index < -0.39 is 0 Å². The summed E-state index contributed by atoms with van der Waals surface area (Å²) in [5, 5.41) is 10.7. The van der Waals surface area contributed by atoms with Crippen molar-refractivity contribution in [2.24, 2.45) is 0 Å². The number of hydrogen-bond acceptors (Lipinski definition) is 4. The van der Waals surface area contributed by atoms with Crippen LogP contribution in [0.4, 0.5) is 0 Å². The summed E-state index contributed by atoms with van der Waals surface area (Å²) < 4.78 is 7.16. The second-order valence-corrected chi connectivity index (χ2v) is 6.59. The molecule has 0 aromatic carbocycles. The van der Waals surface area contributed by atoms with Crippen molar-refractivity contribution < 1.29 is 19.2 Å². The van der Waals surface area contributed by atoms with Gasteiger partial charge in [-0.2, -0.15) is 4.57 Å². The largest absolute Gasteiger partial charge is 0.854 e. The first-order valence-electron chi connectivity index (χ1n) is 8.39. The van der Waals surface area contributed by atoms with Crippen molar-refractivity contribution in [2.75, 3.05) is 13.2 Å². The lowest BCUT2D eigenvalue weighted by Gasteiger charge is -2.03. The first-order valence-corrected chi connectivity index (χ1v) is 9.27. The highest BCUT2D eigenvalue weighted by Gasteiger charge is 2.18.